The van der Waals surface area contributed by atoms with Gasteiger partial charge in [0.1, 0.15) is 5.82 Å². The summed E-state index contributed by atoms with van der Waals surface area (Å²) in [5.74, 6) is -0.678. The molecule has 0 heterocycles. The summed E-state index contributed by atoms with van der Waals surface area (Å²) in [6.07, 6.45) is 0.969. The molecule has 0 bridgehead atoms. The van der Waals surface area contributed by atoms with Gasteiger partial charge >= 0.3 is 0 Å². The van der Waals surface area contributed by atoms with Crippen LogP contribution in [0.5, 0.6) is 0 Å². The molecule has 0 aliphatic rings. The Kier molecular flexibility index (Phi) is 5.31. The maximum atomic E-state index is 13.4. The average Bonchev–Trinajstić information content (AvgIpc) is 2.30. The average molecular weight is 339 g/mol. The monoisotopic (exact) mass is 339 g/mol. The molecule has 4 N–H and O–H groups in total. The summed E-state index contributed by atoms with van der Waals surface area (Å²) in [6.45, 7) is 2.64. The summed E-state index contributed by atoms with van der Waals surface area (Å²) in [7, 11) is -7.30. The van der Waals surface area contributed by atoms with Crippen molar-refractivity contribution in [2.24, 2.45) is 0 Å². The second kappa shape index (κ2) is 6.26. The summed E-state index contributed by atoms with van der Waals surface area (Å²) in [6, 6.07) is 1.05. The van der Waals surface area contributed by atoms with Gasteiger partial charge in [0, 0.05) is 13.1 Å². The Hall–Kier alpha value is -1.23. The van der Waals surface area contributed by atoms with Crippen molar-refractivity contribution in [3.05, 3.63) is 23.0 Å². The molecule has 120 valence electrons. The van der Waals surface area contributed by atoms with Crippen LogP contribution in [0.3, 0.4) is 0 Å². The van der Waals surface area contributed by atoms with E-state index in [4.69, 9.17) is 5.73 Å². The van der Waals surface area contributed by atoms with Crippen molar-refractivity contribution in [1.82, 2.24) is 9.44 Å². The second-order valence-corrected chi connectivity index (χ2v) is 8.14. The van der Waals surface area contributed by atoms with Crippen LogP contribution in [-0.4, -0.2) is 36.2 Å². The van der Waals surface area contributed by atoms with Gasteiger partial charge in [0.05, 0.1) is 16.8 Å². The summed E-state index contributed by atoms with van der Waals surface area (Å²) in [4.78, 5) is -0.0965. The number of anilines is 1. The van der Waals surface area contributed by atoms with Gasteiger partial charge in [-0.05, 0) is 31.0 Å². The number of rotatable bonds is 6. The highest BCUT2D eigenvalue weighted by molar-refractivity contribution is 7.89. The Balaban J connectivity index is 2.97. The van der Waals surface area contributed by atoms with Crippen LogP contribution in [-0.2, 0) is 20.0 Å². The highest BCUT2D eigenvalue weighted by Gasteiger charge is 2.22. The van der Waals surface area contributed by atoms with E-state index in [9.17, 15) is 21.2 Å². The van der Waals surface area contributed by atoms with Crippen LogP contribution < -0.4 is 15.2 Å². The van der Waals surface area contributed by atoms with E-state index in [0.29, 0.717) is 0 Å². The molecule has 7 nitrogen and oxygen atoms in total. The van der Waals surface area contributed by atoms with Gasteiger partial charge in [-0.15, -0.1) is 0 Å². The Morgan fingerprint density at radius 1 is 1.14 bits per heavy atom. The van der Waals surface area contributed by atoms with E-state index in [1.54, 1.807) is 0 Å². The lowest BCUT2D eigenvalue weighted by Gasteiger charge is -2.14. The zero-order chi connectivity index (χ0) is 16.4. The van der Waals surface area contributed by atoms with E-state index in [-0.39, 0.29) is 34.8 Å². The molecule has 1 rings (SSSR count). The molecule has 0 aromatic heterocycles. The number of nitrogens with one attached hydrogen (secondary N) is 2. The quantitative estimate of drug-likeness (QED) is 0.492. The van der Waals surface area contributed by atoms with Crippen molar-refractivity contribution in [2.75, 3.05) is 25.1 Å². The van der Waals surface area contributed by atoms with E-state index >= 15 is 0 Å². The fraction of sp³-hybridized carbons (Fsp3) is 0.455. The Morgan fingerprint density at radius 3 is 2.19 bits per heavy atom. The first-order valence-corrected chi connectivity index (χ1v) is 9.32. The van der Waals surface area contributed by atoms with Gasteiger partial charge in [-0.1, -0.05) is 0 Å². The van der Waals surface area contributed by atoms with Crippen LogP contribution in [0.25, 0.3) is 0 Å². The van der Waals surface area contributed by atoms with Crippen LogP contribution >= 0.6 is 0 Å². The number of hydrogen-bond donors (Lipinski definition) is 3. The Morgan fingerprint density at radius 2 is 1.67 bits per heavy atom. The van der Waals surface area contributed by atoms with Crippen molar-refractivity contribution in [3.63, 3.8) is 0 Å². The van der Waals surface area contributed by atoms with Gasteiger partial charge in [0.25, 0.3) is 0 Å². The zero-order valence-corrected chi connectivity index (χ0v) is 13.5. The highest BCUT2D eigenvalue weighted by atomic mass is 32.2. The largest absolute Gasteiger partial charge is 0.396 e. The molecule has 0 unspecified atom stereocenters. The van der Waals surface area contributed by atoms with Crippen molar-refractivity contribution >= 4 is 25.7 Å². The molecule has 10 heteroatoms. The smallest absolute Gasteiger partial charge is 0.241 e. The Labute approximate surface area is 123 Å². The molecule has 0 saturated carbocycles. The molecule has 0 saturated heterocycles. The standard InChI is InChI=1S/C11H18FN3O4S2/c1-7-6-9(12)10(13)8(2)11(7)21(18,19)15-5-4-14-20(3,16)17/h6,14-15H,4-5,13H2,1-3H3. The first kappa shape index (κ1) is 17.8. The predicted octanol–water partition coefficient (Wildman–Crippen LogP) is -0.148. The van der Waals surface area contributed by atoms with Crippen molar-refractivity contribution in [1.29, 1.82) is 0 Å². The zero-order valence-electron chi connectivity index (χ0n) is 11.9. The fourth-order valence-corrected chi connectivity index (χ4v) is 3.82. The third kappa shape index (κ3) is 4.63. The van der Waals surface area contributed by atoms with Gasteiger partial charge < -0.3 is 5.73 Å². The lowest BCUT2D eigenvalue weighted by atomic mass is 10.1. The normalized spacial score (nSPS) is 12.6. The van der Waals surface area contributed by atoms with Crippen molar-refractivity contribution < 1.29 is 21.2 Å². The molecule has 0 fully saturated rings. The van der Waals surface area contributed by atoms with Gasteiger partial charge in [0.2, 0.25) is 20.0 Å². The predicted molar refractivity (Wildman–Crippen MR) is 78.3 cm³/mol. The molecular weight excluding hydrogens is 321 g/mol. The molecule has 0 aliphatic heterocycles. The number of sulfonamides is 2. The number of benzene rings is 1. The maximum absolute atomic E-state index is 13.4. The first-order valence-electron chi connectivity index (χ1n) is 5.95. The van der Waals surface area contributed by atoms with Crippen LogP contribution in [0, 0.1) is 19.7 Å². The second-order valence-electron chi connectivity index (χ2n) is 4.61. The summed E-state index contributed by atoms with van der Waals surface area (Å²) in [5.41, 5.74) is 5.62. The van der Waals surface area contributed by atoms with E-state index in [0.717, 1.165) is 12.3 Å². The molecule has 0 spiro atoms. The number of halogens is 1. The van der Waals surface area contributed by atoms with Crippen LogP contribution in [0.4, 0.5) is 10.1 Å². The topological polar surface area (TPSA) is 118 Å². The maximum Gasteiger partial charge on any atom is 0.241 e. The van der Waals surface area contributed by atoms with E-state index in [1.807, 2.05) is 0 Å². The highest BCUT2D eigenvalue weighted by Crippen LogP contribution is 2.27. The molecule has 1 aromatic carbocycles. The number of nitrogens with two attached hydrogens (primary N) is 1. The number of aryl methyl sites for hydroxylation is 1. The van der Waals surface area contributed by atoms with Gasteiger partial charge in [0.15, 0.2) is 0 Å². The van der Waals surface area contributed by atoms with Crippen LogP contribution in [0.15, 0.2) is 11.0 Å². The third-order valence-corrected chi connectivity index (χ3v) is 5.23. The number of hydrogen-bond acceptors (Lipinski definition) is 5. The van der Waals surface area contributed by atoms with Crippen LogP contribution in [0.2, 0.25) is 0 Å². The minimum atomic E-state index is -3.91. The molecular formula is C11H18FN3O4S2. The van der Waals surface area contributed by atoms with Crippen molar-refractivity contribution in [2.45, 2.75) is 18.7 Å². The molecule has 0 amide bonds. The van der Waals surface area contributed by atoms with E-state index < -0.39 is 25.9 Å². The molecule has 1 aromatic rings. The summed E-state index contributed by atoms with van der Waals surface area (Å²) in [5, 5.41) is 0. The summed E-state index contributed by atoms with van der Waals surface area (Å²) >= 11 is 0. The lowest BCUT2D eigenvalue weighted by Crippen LogP contribution is -2.34. The fourth-order valence-electron chi connectivity index (χ4n) is 1.84. The molecule has 21 heavy (non-hydrogen) atoms. The summed E-state index contributed by atoms with van der Waals surface area (Å²) < 4.78 is 64.0. The first-order chi connectivity index (χ1) is 9.46. The lowest BCUT2D eigenvalue weighted by molar-refractivity contribution is 0.571. The SMILES string of the molecule is Cc1cc(F)c(N)c(C)c1S(=O)(=O)NCCNS(C)(=O)=O. The van der Waals surface area contributed by atoms with Gasteiger partial charge in [-0.25, -0.2) is 30.7 Å². The number of nitrogen functional groups attached to an aromatic ring is 1. The molecule has 0 radical (unpaired) electrons. The van der Waals surface area contributed by atoms with E-state index in [2.05, 4.69) is 9.44 Å². The van der Waals surface area contributed by atoms with Crippen LogP contribution in [0.1, 0.15) is 11.1 Å². The van der Waals surface area contributed by atoms with Gasteiger partial charge in [-0.2, -0.15) is 0 Å². The third-order valence-electron chi connectivity index (χ3n) is 2.75. The minimum absolute atomic E-state index is 0.0904. The van der Waals surface area contributed by atoms with Crippen molar-refractivity contribution in [3.8, 4) is 0 Å². The molecule has 0 aliphatic carbocycles. The van der Waals surface area contributed by atoms with E-state index in [1.165, 1.54) is 13.8 Å². The Bertz CT molecular complexity index is 745. The minimum Gasteiger partial charge on any atom is -0.396 e. The van der Waals surface area contributed by atoms with Gasteiger partial charge in [-0.3, -0.25) is 0 Å². The molecule has 0 atom stereocenters.